The van der Waals surface area contributed by atoms with E-state index < -0.39 is 40.9 Å². The minimum Gasteiger partial charge on any atom is -0.454 e. The number of esters is 1. The van der Waals surface area contributed by atoms with Crippen LogP contribution < -0.4 is 0 Å². The van der Waals surface area contributed by atoms with Crippen LogP contribution in [0.4, 0.5) is 0 Å². The first-order valence-electron chi connectivity index (χ1n) is 17.4. The zero-order valence-electron chi connectivity index (χ0n) is 28.6. The van der Waals surface area contributed by atoms with E-state index in [1.165, 1.54) is 0 Å². The van der Waals surface area contributed by atoms with Crippen LogP contribution in [0.2, 0.25) is 0 Å². The molecule has 0 spiro atoms. The van der Waals surface area contributed by atoms with E-state index in [0.29, 0.717) is 18.5 Å². The SMILES string of the molecule is CCN(CC)CCN(CC)Cc1cccc(C(=O)OCC(=O)[C@@]2(O)CC[C@H]3[C@@H]4C[C@H](C)C5=CC(=O)C=C[C@]5(C)[C@H]4[C@@H](O)C[C@@]32C)c1. The van der Waals surface area contributed by atoms with Gasteiger partial charge >= 0.3 is 5.97 Å². The van der Waals surface area contributed by atoms with Gasteiger partial charge in [0.25, 0.3) is 0 Å². The highest BCUT2D eigenvalue weighted by Crippen LogP contribution is 2.67. The number of hydrogen-bond acceptors (Lipinski definition) is 8. The van der Waals surface area contributed by atoms with E-state index in [4.69, 9.17) is 4.74 Å². The minimum atomic E-state index is -1.70. The highest BCUT2D eigenvalue weighted by atomic mass is 16.5. The van der Waals surface area contributed by atoms with E-state index in [2.05, 4.69) is 44.4 Å². The lowest BCUT2D eigenvalue weighted by atomic mass is 9.45. The molecule has 5 rings (SSSR count). The van der Waals surface area contributed by atoms with Crippen molar-refractivity contribution < 1.29 is 29.3 Å². The molecule has 0 amide bonds. The number of rotatable bonds is 12. The van der Waals surface area contributed by atoms with Crippen LogP contribution in [0.5, 0.6) is 0 Å². The zero-order chi connectivity index (χ0) is 33.4. The second-order valence-electron chi connectivity index (χ2n) is 14.7. The highest BCUT2D eigenvalue weighted by Gasteiger charge is 2.68. The Kier molecular flexibility index (Phi) is 10.1. The number of carbonyl (C=O) groups is 3. The Morgan fingerprint density at radius 2 is 1.76 bits per heavy atom. The van der Waals surface area contributed by atoms with Gasteiger partial charge in [-0.05, 0) is 92.9 Å². The van der Waals surface area contributed by atoms with Gasteiger partial charge in [0.2, 0.25) is 5.78 Å². The maximum absolute atomic E-state index is 13.8. The maximum atomic E-state index is 13.8. The summed E-state index contributed by atoms with van der Waals surface area (Å²) in [7, 11) is 0. The smallest absolute Gasteiger partial charge is 0.338 e. The number of fused-ring (bicyclic) bond motifs is 5. The third kappa shape index (κ3) is 6.07. The third-order valence-corrected chi connectivity index (χ3v) is 12.4. The molecular weight excluding hydrogens is 580 g/mol. The summed E-state index contributed by atoms with van der Waals surface area (Å²) in [6.07, 6.45) is 6.59. The lowest BCUT2D eigenvalue weighted by Crippen LogP contribution is -2.62. The average molecular weight is 635 g/mol. The fourth-order valence-electron chi connectivity index (χ4n) is 9.77. The second-order valence-corrected chi connectivity index (χ2v) is 14.7. The standard InChI is InChI=1S/C38H54N2O6/c1-7-39(8-2)17-18-40(9-3)23-26-11-10-12-27(20-26)35(44)46-24-33(43)38(45)16-14-30-29-19-25(4)31-21-28(41)13-15-36(31,5)34(29)32(42)22-37(30,38)6/h10-13,15,20-21,25,29-30,32,34,42,45H,7-9,14,16-19,22-24H2,1-6H3/t25-,29-,30-,32-,34+,36-,37-,38-/m0/s1. The average Bonchev–Trinajstić information content (AvgIpc) is 3.30. The molecule has 8 heteroatoms. The molecule has 3 fully saturated rings. The molecule has 0 unspecified atom stereocenters. The molecule has 0 bridgehead atoms. The van der Waals surface area contributed by atoms with Gasteiger partial charge in [0.05, 0.1) is 11.7 Å². The summed E-state index contributed by atoms with van der Waals surface area (Å²) in [4.78, 5) is 43.9. The Balaban J connectivity index is 1.25. The van der Waals surface area contributed by atoms with Crippen molar-refractivity contribution in [3.8, 4) is 0 Å². The summed E-state index contributed by atoms with van der Waals surface area (Å²) >= 11 is 0. The number of likely N-dealkylation sites (N-methyl/N-ethyl adjacent to an activating group) is 2. The molecular formula is C38H54N2O6. The molecule has 3 saturated carbocycles. The number of Topliss-reactive ketones (excluding diaryl/α,β-unsaturated/α-hetero) is 1. The van der Waals surface area contributed by atoms with Crippen LogP contribution in [0.1, 0.15) is 83.1 Å². The normalized spacial score (nSPS) is 35.0. The van der Waals surface area contributed by atoms with Gasteiger partial charge in [0.15, 0.2) is 12.4 Å². The minimum absolute atomic E-state index is 0.0103. The Hall–Kier alpha value is -2.65. The highest BCUT2D eigenvalue weighted by molar-refractivity contribution is 6.01. The van der Waals surface area contributed by atoms with Crippen molar-refractivity contribution >= 4 is 17.5 Å². The van der Waals surface area contributed by atoms with Crippen molar-refractivity contribution in [3.63, 3.8) is 0 Å². The van der Waals surface area contributed by atoms with Crippen LogP contribution in [0, 0.1) is 34.5 Å². The van der Waals surface area contributed by atoms with Crippen molar-refractivity contribution in [1.82, 2.24) is 9.80 Å². The van der Waals surface area contributed by atoms with Gasteiger partial charge in [-0.3, -0.25) is 14.5 Å². The first-order chi connectivity index (χ1) is 21.8. The molecule has 2 N–H and O–H groups in total. The number of benzene rings is 1. The van der Waals surface area contributed by atoms with Gasteiger partial charge in [-0.25, -0.2) is 4.79 Å². The van der Waals surface area contributed by atoms with Crippen LogP contribution in [0.3, 0.4) is 0 Å². The van der Waals surface area contributed by atoms with Gasteiger partial charge in [-0.2, -0.15) is 0 Å². The number of nitrogens with zero attached hydrogens (tertiary/aromatic N) is 2. The molecule has 4 aliphatic rings. The van der Waals surface area contributed by atoms with Crippen molar-refractivity contribution in [2.24, 2.45) is 34.5 Å². The Labute approximate surface area is 274 Å². The van der Waals surface area contributed by atoms with E-state index in [9.17, 15) is 24.6 Å². The number of hydrogen-bond donors (Lipinski definition) is 2. The summed E-state index contributed by atoms with van der Waals surface area (Å²) < 4.78 is 5.55. The molecule has 8 atom stereocenters. The van der Waals surface area contributed by atoms with Gasteiger partial charge in [-0.15, -0.1) is 0 Å². The number of aliphatic hydroxyl groups excluding tert-OH is 1. The molecule has 252 valence electrons. The van der Waals surface area contributed by atoms with Gasteiger partial charge in [-0.1, -0.05) is 65.3 Å². The van der Waals surface area contributed by atoms with Crippen LogP contribution in [-0.2, 0) is 20.9 Å². The number of allylic oxidation sites excluding steroid dienone is 4. The molecule has 1 aromatic rings. The Morgan fingerprint density at radius 1 is 1.07 bits per heavy atom. The molecule has 46 heavy (non-hydrogen) atoms. The Morgan fingerprint density at radius 3 is 2.46 bits per heavy atom. The summed E-state index contributed by atoms with van der Waals surface area (Å²) in [5.74, 6) is -0.921. The number of ether oxygens (including phenoxy) is 1. The monoisotopic (exact) mass is 634 g/mol. The van der Waals surface area contributed by atoms with Crippen molar-refractivity contribution in [1.29, 1.82) is 0 Å². The zero-order valence-corrected chi connectivity index (χ0v) is 28.6. The van der Waals surface area contributed by atoms with Crippen LogP contribution >= 0.6 is 0 Å². The topological polar surface area (TPSA) is 107 Å². The van der Waals surface area contributed by atoms with Crippen LogP contribution in [0.25, 0.3) is 0 Å². The van der Waals surface area contributed by atoms with Gasteiger partial charge in [0, 0.05) is 36.4 Å². The fourth-order valence-corrected chi connectivity index (χ4v) is 9.77. The second kappa shape index (κ2) is 13.5. The predicted molar refractivity (Wildman–Crippen MR) is 178 cm³/mol. The van der Waals surface area contributed by atoms with E-state index in [1.807, 2.05) is 31.2 Å². The summed E-state index contributed by atoms with van der Waals surface area (Å²) in [6, 6.07) is 7.36. The lowest BCUT2D eigenvalue weighted by Gasteiger charge is -2.60. The number of aliphatic hydroxyl groups is 2. The molecule has 0 radical (unpaired) electrons. The molecule has 0 saturated heterocycles. The predicted octanol–water partition coefficient (Wildman–Crippen LogP) is 4.83. The van der Waals surface area contributed by atoms with E-state index in [0.717, 1.165) is 50.3 Å². The summed E-state index contributed by atoms with van der Waals surface area (Å²) in [6.45, 7) is 17.7. The number of ketones is 2. The Bertz CT molecular complexity index is 1380. The van der Waals surface area contributed by atoms with E-state index >= 15 is 0 Å². The first kappa shape index (κ1) is 34.7. The molecule has 4 aliphatic carbocycles. The number of carbonyl (C=O) groups excluding carboxylic acids is 3. The molecule has 8 nitrogen and oxygen atoms in total. The van der Waals surface area contributed by atoms with E-state index in [1.54, 1.807) is 18.2 Å². The quantitative estimate of drug-likeness (QED) is 0.315. The van der Waals surface area contributed by atoms with Crippen LogP contribution in [-0.4, -0.2) is 88.6 Å². The molecule has 0 aliphatic heterocycles. The largest absolute Gasteiger partial charge is 0.454 e. The first-order valence-corrected chi connectivity index (χ1v) is 17.4. The maximum Gasteiger partial charge on any atom is 0.338 e. The fraction of sp³-hybridized carbons (Fsp3) is 0.658. The van der Waals surface area contributed by atoms with E-state index in [-0.39, 0.29) is 42.3 Å². The van der Waals surface area contributed by atoms with Crippen molar-refractivity contribution in [2.45, 2.75) is 85.5 Å². The van der Waals surface area contributed by atoms with Crippen molar-refractivity contribution in [2.75, 3.05) is 39.3 Å². The van der Waals surface area contributed by atoms with Crippen molar-refractivity contribution in [3.05, 3.63) is 59.2 Å². The molecule has 1 aromatic carbocycles. The lowest BCUT2D eigenvalue weighted by molar-refractivity contribution is -0.180. The van der Waals surface area contributed by atoms with Gasteiger partial charge < -0.3 is 19.8 Å². The molecule has 0 heterocycles. The third-order valence-electron chi connectivity index (χ3n) is 12.4. The van der Waals surface area contributed by atoms with Gasteiger partial charge in [0.1, 0.15) is 5.60 Å². The summed E-state index contributed by atoms with van der Waals surface area (Å²) in [5, 5.41) is 23.8. The molecule has 0 aromatic heterocycles. The summed E-state index contributed by atoms with van der Waals surface area (Å²) in [5.41, 5.74) is -0.523. The van der Waals surface area contributed by atoms with Crippen LogP contribution in [0.15, 0.2) is 48.1 Å².